The van der Waals surface area contributed by atoms with Crippen molar-refractivity contribution in [3.8, 4) is 6.07 Å². The molecule has 0 saturated carbocycles. The third-order valence-corrected chi connectivity index (χ3v) is 1.67. The smallest absolute Gasteiger partial charge is 0.0625 e. The second-order valence-corrected chi connectivity index (χ2v) is 3.23. The van der Waals surface area contributed by atoms with E-state index in [9.17, 15) is 0 Å². The predicted octanol–water partition coefficient (Wildman–Crippen LogP) is 1.88. The Kier molecular flexibility index (Phi) is 5.87. The lowest BCUT2D eigenvalue weighted by Gasteiger charge is -2.18. The molecule has 1 unspecified atom stereocenters. The third kappa shape index (κ3) is 5.87. The van der Waals surface area contributed by atoms with Crippen LogP contribution < -0.4 is 0 Å². The lowest BCUT2D eigenvalue weighted by atomic mass is 10.1. The van der Waals surface area contributed by atoms with Crippen molar-refractivity contribution in [1.82, 2.24) is 4.90 Å². The van der Waals surface area contributed by atoms with Crippen LogP contribution >= 0.6 is 0 Å². The highest BCUT2D eigenvalue weighted by atomic mass is 15.1. The van der Waals surface area contributed by atoms with Gasteiger partial charge in [-0.1, -0.05) is 13.8 Å². The lowest BCUT2D eigenvalue weighted by Crippen LogP contribution is -2.24. The Balaban J connectivity index is 3.41. The fraction of sp³-hybridized carbons (Fsp3) is 0.889. The Bertz CT molecular complexity index is 126. The number of nitriles is 1. The van der Waals surface area contributed by atoms with Crippen molar-refractivity contribution in [1.29, 1.82) is 5.26 Å². The van der Waals surface area contributed by atoms with Gasteiger partial charge in [-0.15, -0.1) is 0 Å². The minimum absolute atomic E-state index is 0.511. The maximum atomic E-state index is 8.41. The third-order valence-electron chi connectivity index (χ3n) is 1.67. The zero-order valence-electron chi connectivity index (χ0n) is 7.80. The Hall–Kier alpha value is -0.550. The normalized spacial score (nSPS) is 13.0. The summed E-state index contributed by atoms with van der Waals surface area (Å²) in [4.78, 5) is 2.28. The molecule has 0 spiro atoms. The van der Waals surface area contributed by atoms with Crippen LogP contribution in [0.3, 0.4) is 0 Å². The molecule has 2 heteroatoms. The molecule has 0 aliphatic carbocycles. The summed E-state index contributed by atoms with van der Waals surface area (Å²) in [6.07, 6.45) is 1.86. The molecule has 0 aromatic rings. The first-order valence-electron chi connectivity index (χ1n) is 4.26. The van der Waals surface area contributed by atoms with E-state index in [1.165, 1.54) is 6.42 Å². The van der Waals surface area contributed by atoms with Gasteiger partial charge in [0, 0.05) is 13.0 Å². The summed E-state index contributed by atoms with van der Waals surface area (Å²) in [5.74, 6) is 0.511. The monoisotopic (exact) mass is 154 g/mol. The van der Waals surface area contributed by atoms with Crippen molar-refractivity contribution in [3.63, 3.8) is 0 Å². The molecular weight excluding hydrogens is 136 g/mol. The highest BCUT2D eigenvalue weighted by Gasteiger charge is 2.03. The first-order chi connectivity index (χ1) is 5.20. The van der Waals surface area contributed by atoms with Gasteiger partial charge in [-0.05, 0) is 25.9 Å². The summed E-state index contributed by atoms with van der Waals surface area (Å²) in [6, 6.07) is 2.19. The van der Waals surface area contributed by atoms with Crippen molar-refractivity contribution in [2.24, 2.45) is 5.92 Å². The Morgan fingerprint density at radius 2 is 2.18 bits per heavy atom. The summed E-state index contributed by atoms with van der Waals surface area (Å²) in [7, 11) is 2.11. The van der Waals surface area contributed by atoms with Crippen LogP contribution in [-0.4, -0.2) is 25.0 Å². The summed E-state index contributed by atoms with van der Waals surface area (Å²) in [6.45, 7) is 6.47. The number of rotatable bonds is 5. The molecule has 0 amide bonds. The Morgan fingerprint density at radius 1 is 1.55 bits per heavy atom. The van der Waals surface area contributed by atoms with Gasteiger partial charge in [-0.25, -0.2) is 0 Å². The van der Waals surface area contributed by atoms with Gasteiger partial charge < -0.3 is 4.90 Å². The molecule has 0 rings (SSSR count). The van der Waals surface area contributed by atoms with Gasteiger partial charge in [0.1, 0.15) is 0 Å². The van der Waals surface area contributed by atoms with Crippen LogP contribution in [-0.2, 0) is 0 Å². The molecule has 0 fully saturated rings. The van der Waals surface area contributed by atoms with Crippen molar-refractivity contribution in [2.45, 2.75) is 26.7 Å². The first kappa shape index (κ1) is 10.4. The minimum Gasteiger partial charge on any atom is -0.306 e. The average Bonchev–Trinajstić information content (AvgIpc) is 1.87. The van der Waals surface area contributed by atoms with Gasteiger partial charge in [-0.2, -0.15) is 5.26 Å². The number of hydrogen-bond acceptors (Lipinski definition) is 2. The first-order valence-corrected chi connectivity index (χ1v) is 4.26. The molecule has 1 atom stereocenters. The van der Waals surface area contributed by atoms with Crippen LogP contribution in [0.15, 0.2) is 0 Å². The highest BCUT2D eigenvalue weighted by Crippen LogP contribution is 2.02. The summed E-state index contributed by atoms with van der Waals surface area (Å²) >= 11 is 0. The molecule has 2 nitrogen and oxygen atoms in total. The van der Waals surface area contributed by atoms with Crippen molar-refractivity contribution >= 4 is 0 Å². The highest BCUT2D eigenvalue weighted by molar-refractivity contribution is 4.74. The number of hydrogen-bond donors (Lipinski definition) is 0. The molecule has 0 aromatic carbocycles. The summed E-state index contributed by atoms with van der Waals surface area (Å²) in [5.41, 5.74) is 0. The molecule has 11 heavy (non-hydrogen) atoms. The molecule has 0 aliphatic heterocycles. The van der Waals surface area contributed by atoms with Gasteiger partial charge in [0.2, 0.25) is 0 Å². The molecule has 0 N–H and O–H groups in total. The van der Waals surface area contributed by atoms with Crippen LogP contribution in [0.2, 0.25) is 0 Å². The van der Waals surface area contributed by atoms with E-state index in [0.717, 1.165) is 13.1 Å². The zero-order valence-corrected chi connectivity index (χ0v) is 7.80. The summed E-state index contributed by atoms with van der Waals surface area (Å²) in [5, 5.41) is 8.41. The molecular formula is C9H18N2. The van der Waals surface area contributed by atoms with E-state index in [4.69, 9.17) is 5.26 Å². The molecule has 0 bridgehead atoms. The van der Waals surface area contributed by atoms with E-state index in [1.807, 2.05) is 0 Å². The zero-order chi connectivity index (χ0) is 8.69. The van der Waals surface area contributed by atoms with Crippen molar-refractivity contribution < 1.29 is 0 Å². The average molecular weight is 154 g/mol. The molecule has 0 radical (unpaired) electrons. The van der Waals surface area contributed by atoms with Crippen LogP contribution in [0.4, 0.5) is 0 Å². The van der Waals surface area contributed by atoms with Crippen LogP contribution in [0.5, 0.6) is 0 Å². The van der Waals surface area contributed by atoms with E-state index in [0.29, 0.717) is 12.3 Å². The van der Waals surface area contributed by atoms with E-state index >= 15 is 0 Å². The standard InChI is InChI=1S/C9H18N2/c1-4-7-11(3)8-9(2)5-6-10/h9H,4-5,7-8H2,1-3H3. The maximum absolute atomic E-state index is 8.41. The lowest BCUT2D eigenvalue weighted by molar-refractivity contribution is 0.288. The van der Waals surface area contributed by atoms with Crippen molar-refractivity contribution in [3.05, 3.63) is 0 Å². The topological polar surface area (TPSA) is 27.0 Å². The van der Waals surface area contributed by atoms with E-state index in [-0.39, 0.29) is 0 Å². The Morgan fingerprint density at radius 3 is 2.64 bits per heavy atom. The molecule has 64 valence electrons. The van der Waals surface area contributed by atoms with Gasteiger partial charge in [0.05, 0.1) is 6.07 Å². The molecule has 0 heterocycles. The Labute approximate surface area is 69.8 Å². The minimum atomic E-state index is 0.511. The predicted molar refractivity (Wildman–Crippen MR) is 47.2 cm³/mol. The second-order valence-electron chi connectivity index (χ2n) is 3.23. The van der Waals surface area contributed by atoms with Crippen LogP contribution in [0.25, 0.3) is 0 Å². The fourth-order valence-corrected chi connectivity index (χ4v) is 1.23. The molecule has 0 saturated heterocycles. The maximum Gasteiger partial charge on any atom is 0.0625 e. The quantitative estimate of drug-likeness (QED) is 0.604. The van der Waals surface area contributed by atoms with E-state index in [1.54, 1.807) is 0 Å². The van der Waals surface area contributed by atoms with Crippen molar-refractivity contribution in [2.75, 3.05) is 20.1 Å². The van der Waals surface area contributed by atoms with Gasteiger partial charge >= 0.3 is 0 Å². The van der Waals surface area contributed by atoms with Gasteiger partial charge in [-0.3, -0.25) is 0 Å². The van der Waals surface area contributed by atoms with Gasteiger partial charge in [0.15, 0.2) is 0 Å². The largest absolute Gasteiger partial charge is 0.306 e. The fourth-order valence-electron chi connectivity index (χ4n) is 1.23. The van der Waals surface area contributed by atoms with Crippen LogP contribution in [0.1, 0.15) is 26.7 Å². The molecule has 0 aromatic heterocycles. The van der Waals surface area contributed by atoms with Gasteiger partial charge in [0.25, 0.3) is 0 Å². The number of nitrogens with zero attached hydrogens (tertiary/aromatic N) is 2. The SMILES string of the molecule is CCCN(C)CC(C)CC#N. The summed E-state index contributed by atoms with van der Waals surface area (Å²) < 4.78 is 0. The second kappa shape index (κ2) is 6.18. The van der Waals surface area contributed by atoms with E-state index in [2.05, 4.69) is 31.9 Å². The molecule has 0 aliphatic rings. The van der Waals surface area contributed by atoms with Crippen LogP contribution in [0, 0.1) is 17.2 Å². The van der Waals surface area contributed by atoms with E-state index < -0.39 is 0 Å².